The summed E-state index contributed by atoms with van der Waals surface area (Å²) in [5, 5.41) is 8.39. The number of anilines is 1. The number of esters is 1. The van der Waals surface area contributed by atoms with Crippen molar-refractivity contribution in [3.63, 3.8) is 0 Å². The Morgan fingerprint density at radius 1 is 0.900 bits per heavy atom. The predicted octanol–water partition coefficient (Wildman–Crippen LogP) is 5.97. The maximum absolute atomic E-state index is 12.5. The zero-order chi connectivity index (χ0) is 21.5. The molecule has 7 heteroatoms. The van der Waals surface area contributed by atoms with E-state index in [0.717, 1.165) is 10.2 Å². The van der Waals surface area contributed by atoms with E-state index in [0.29, 0.717) is 16.9 Å². The van der Waals surface area contributed by atoms with Crippen molar-refractivity contribution in [1.82, 2.24) is 0 Å². The van der Waals surface area contributed by atoms with E-state index >= 15 is 0 Å². The number of hydrogen-bond acceptors (Lipinski definition) is 6. The number of Topliss-reactive ketones (excluding diaryl/α,β-unsaturated/α-hetero) is 1. The molecule has 0 fully saturated rings. The third kappa shape index (κ3) is 5.61. The Hall–Kier alpha value is -3.32. The summed E-state index contributed by atoms with van der Waals surface area (Å²) in [5.74, 6) is -0.908. The third-order valence-electron chi connectivity index (χ3n) is 4.26. The van der Waals surface area contributed by atoms with E-state index in [9.17, 15) is 9.59 Å². The number of carbonyl (C=O) groups is 2. The lowest BCUT2D eigenvalue weighted by molar-refractivity contribution is 0.0475. The predicted molar refractivity (Wildman–Crippen MR) is 120 cm³/mol. The summed E-state index contributed by atoms with van der Waals surface area (Å²) in [7, 11) is 3.92. The number of rotatable bonds is 7. The van der Waals surface area contributed by atoms with Gasteiger partial charge in [-0.2, -0.15) is 5.11 Å². The van der Waals surface area contributed by atoms with Crippen molar-refractivity contribution in [2.24, 2.45) is 10.2 Å². The van der Waals surface area contributed by atoms with Crippen LogP contribution < -0.4 is 4.90 Å². The average Bonchev–Trinajstić information content (AvgIpc) is 2.76. The van der Waals surface area contributed by atoms with Crippen LogP contribution in [0.5, 0.6) is 0 Å². The highest BCUT2D eigenvalue weighted by atomic mass is 79.9. The quantitative estimate of drug-likeness (QED) is 0.244. The van der Waals surface area contributed by atoms with E-state index in [1.54, 1.807) is 48.5 Å². The number of benzene rings is 3. The first kappa shape index (κ1) is 21.4. The second-order valence-electron chi connectivity index (χ2n) is 6.63. The van der Waals surface area contributed by atoms with Gasteiger partial charge in [-0.25, -0.2) is 4.79 Å². The summed E-state index contributed by atoms with van der Waals surface area (Å²) in [4.78, 5) is 26.7. The molecule has 3 aromatic rings. The van der Waals surface area contributed by atoms with Crippen LogP contribution in [0.1, 0.15) is 20.7 Å². The number of ether oxygens (including phenoxy) is 1. The molecule has 0 atom stereocenters. The highest BCUT2D eigenvalue weighted by Gasteiger charge is 2.15. The van der Waals surface area contributed by atoms with E-state index < -0.39 is 5.97 Å². The number of azo groups is 1. The molecule has 0 radical (unpaired) electrons. The van der Waals surface area contributed by atoms with Gasteiger partial charge in [0.1, 0.15) is 5.69 Å². The van der Waals surface area contributed by atoms with Gasteiger partial charge in [-0.15, -0.1) is 5.11 Å². The van der Waals surface area contributed by atoms with Gasteiger partial charge in [0, 0.05) is 29.8 Å². The Morgan fingerprint density at radius 2 is 1.57 bits per heavy atom. The minimum Gasteiger partial charge on any atom is -0.454 e. The summed E-state index contributed by atoms with van der Waals surface area (Å²) in [6.07, 6.45) is 0. The van der Waals surface area contributed by atoms with Crippen LogP contribution in [0.4, 0.5) is 17.1 Å². The maximum Gasteiger partial charge on any atom is 0.340 e. The molecule has 0 aliphatic rings. The Balaban J connectivity index is 1.68. The lowest BCUT2D eigenvalue weighted by atomic mass is 10.1. The van der Waals surface area contributed by atoms with Gasteiger partial charge in [0.25, 0.3) is 0 Å². The van der Waals surface area contributed by atoms with Crippen LogP contribution in [0.15, 0.2) is 87.5 Å². The van der Waals surface area contributed by atoms with Crippen molar-refractivity contribution < 1.29 is 14.3 Å². The number of ketones is 1. The van der Waals surface area contributed by atoms with Crippen LogP contribution in [-0.2, 0) is 4.74 Å². The first-order valence-corrected chi connectivity index (χ1v) is 9.97. The second kappa shape index (κ2) is 9.93. The molecule has 6 nitrogen and oxygen atoms in total. The SMILES string of the molecule is CN(C)c1ccc(N=Nc2ccccc2C(=O)OCC(=O)c2ccc(Br)cc2)cc1. The molecule has 0 saturated carbocycles. The Bertz CT molecular complexity index is 1060. The Labute approximate surface area is 183 Å². The second-order valence-corrected chi connectivity index (χ2v) is 7.55. The van der Waals surface area contributed by atoms with Gasteiger partial charge >= 0.3 is 5.97 Å². The van der Waals surface area contributed by atoms with Crippen LogP contribution in [0.3, 0.4) is 0 Å². The number of nitrogens with zero attached hydrogens (tertiary/aromatic N) is 3. The maximum atomic E-state index is 12.5. The van der Waals surface area contributed by atoms with Gasteiger partial charge in [0.2, 0.25) is 0 Å². The minimum absolute atomic E-state index is 0.245. The van der Waals surface area contributed by atoms with Gasteiger partial charge in [-0.05, 0) is 48.5 Å². The van der Waals surface area contributed by atoms with E-state index in [1.807, 2.05) is 43.3 Å². The fraction of sp³-hybridized carbons (Fsp3) is 0.130. The molecule has 0 aromatic heterocycles. The molecule has 3 rings (SSSR count). The molecule has 0 heterocycles. The van der Waals surface area contributed by atoms with Gasteiger partial charge in [0.05, 0.1) is 11.3 Å². The molecule has 0 amide bonds. The molecule has 0 aliphatic heterocycles. The Morgan fingerprint density at radius 3 is 2.23 bits per heavy atom. The normalized spacial score (nSPS) is 10.8. The summed E-state index contributed by atoms with van der Waals surface area (Å²) >= 11 is 3.32. The van der Waals surface area contributed by atoms with Crippen molar-refractivity contribution in [2.45, 2.75) is 0 Å². The minimum atomic E-state index is -0.627. The van der Waals surface area contributed by atoms with Crippen molar-refractivity contribution in [3.8, 4) is 0 Å². The lowest BCUT2D eigenvalue weighted by Crippen LogP contribution is -2.14. The van der Waals surface area contributed by atoms with Crippen LogP contribution in [-0.4, -0.2) is 32.5 Å². The lowest BCUT2D eigenvalue weighted by Gasteiger charge is -2.11. The number of halogens is 1. The molecule has 0 aliphatic carbocycles. The highest BCUT2D eigenvalue weighted by molar-refractivity contribution is 9.10. The summed E-state index contributed by atoms with van der Waals surface area (Å²) in [6.45, 7) is -0.349. The van der Waals surface area contributed by atoms with Crippen molar-refractivity contribution in [3.05, 3.63) is 88.4 Å². The van der Waals surface area contributed by atoms with E-state index in [1.165, 1.54) is 0 Å². The molecule has 0 spiro atoms. The topological polar surface area (TPSA) is 71.3 Å². The van der Waals surface area contributed by atoms with Gasteiger partial charge in [-0.1, -0.05) is 40.2 Å². The van der Waals surface area contributed by atoms with E-state index in [4.69, 9.17) is 4.74 Å². The standard InChI is InChI=1S/C23H20BrN3O3/c1-27(2)19-13-11-18(12-14-19)25-26-21-6-4-3-5-20(21)23(29)30-15-22(28)16-7-9-17(24)10-8-16/h3-14H,15H2,1-2H3. The average molecular weight is 466 g/mol. The van der Waals surface area contributed by atoms with Crippen molar-refractivity contribution >= 4 is 44.7 Å². The van der Waals surface area contributed by atoms with Gasteiger partial charge < -0.3 is 9.64 Å². The fourth-order valence-corrected chi connectivity index (χ4v) is 2.85. The third-order valence-corrected chi connectivity index (χ3v) is 4.79. The molecule has 152 valence electrons. The zero-order valence-corrected chi connectivity index (χ0v) is 18.2. The molecular weight excluding hydrogens is 446 g/mol. The summed E-state index contributed by atoms with van der Waals surface area (Å²) < 4.78 is 6.07. The van der Waals surface area contributed by atoms with Crippen LogP contribution in [0.25, 0.3) is 0 Å². The van der Waals surface area contributed by atoms with Gasteiger partial charge in [-0.3, -0.25) is 4.79 Å². The van der Waals surface area contributed by atoms with Crippen molar-refractivity contribution in [2.75, 3.05) is 25.6 Å². The largest absolute Gasteiger partial charge is 0.454 e. The summed E-state index contributed by atoms with van der Waals surface area (Å²) in [6, 6.07) is 21.1. The first-order chi connectivity index (χ1) is 14.4. The van der Waals surface area contributed by atoms with Crippen LogP contribution in [0, 0.1) is 0 Å². The zero-order valence-electron chi connectivity index (χ0n) is 16.6. The molecular formula is C23H20BrN3O3. The summed E-state index contributed by atoms with van der Waals surface area (Å²) in [5.41, 5.74) is 2.80. The smallest absolute Gasteiger partial charge is 0.340 e. The van der Waals surface area contributed by atoms with Gasteiger partial charge in [0.15, 0.2) is 12.4 Å². The molecule has 0 saturated heterocycles. The number of hydrogen-bond donors (Lipinski definition) is 0. The molecule has 3 aromatic carbocycles. The number of carbonyl (C=O) groups excluding carboxylic acids is 2. The molecule has 0 N–H and O–H groups in total. The van der Waals surface area contributed by atoms with E-state index in [2.05, 4.69) is 26.2 Å². The fourth-order valence-electron chi connectivity index (χ4n) is 2.59. The Kier molecular flexibility index (Phi) is 7.08. The molecule has 30 heavy (non-hydrogen) atoms. The van der Waals surface area contributed by atoms with Crippen LogP contribution >= 0.6 is 15.9 Å². The monoisotopic (exact) mass is 465 g/mol. The molecule has 0 unspecified atom stereocenters. The van der Waals surface area contributed by atoms with Crippen molar-refractivity contribution in [1.29, 1.82) is 0 Å². The van der Waals surface area contributed by atoms with E-state index in [-0.39, 0.29) is 18.0 Å². The van der Waals surface area contributed by atoms with Crippen LogP contribution in [0.2, 0.25) is 0 Å². The first-order valence-electron chi connectivity index (χ1n) is 9.18. The highest BCUT2D eigenvalue weighted by Crippen LogP contribution is 2.24. The molecule has 0 bridgehead atoms.